The third-order valence-electron chi connectivity index (χ3n) is 13.6. The highest BCUT2D eigenvalue weighted by atomic mass is 15.0. The molecule has 1 unspecified atom stereocenters. The minimum atomic E-state index is -0.344. The summed E-state index contributed by atoms with van der Waals surface area (Å²) in [6.45, 7) is 4.58. The minimum Gasteiger partial charge on any atom is -0.308 e. The predicted octanol–water partition coefficient (Wildman–Crippen LogP) is 15.6. The van der Waals surface area contributed by atoms with Gasteiger partial charge in [-0.15, -0.1) is 0 Å². The van der Waals surface area contributed by atoms with E-state index in [1.807, 2.05) is 0 Å². The fraction of sp³-hybridized carbons (Fsp3) is 0.0984. The first-order chi connectivity index (χ1) is 32.0. The van der Waals surface area contributed by atoms with Crippen LogP contribution in [0.3, 0.4) is 0 Å². The number of fused-ring (bicyclic) bond motifs is 6. The Morgan fingerprint density at radius 1 is 0.600 bits per heavy atom. The molecule has 2 aliphatic rings. The molecule has 7 aromatic carbocycles. The highest BCUT2D eigenvalue weighted by molar-refractivity contribution is 6.24. The zero-order valence-corrected chi connectivity index (χ0v) is 36.5. The third-order valence-corrected chi connectivity index (χ3v) is 13.6. The number of pyridine rings is 1. The Balaban J connectivity index is 1.05. The molecule has 0 radical (unpaired) electrons. The number of nitrogens with zero attached hydrogens (tertiary/aromatic N) is 4. The van der Waals surface area contributed by atoms with Crippen molar-refractivity contribution in [1.29, 1.82) is 0 Å². The van der Waals surface area contributed by atoms with Crippen molar-refractivity contribution in [2.75, 3.05) is 0 Å². The first-order valence-electron chi connectivity index (χ1n) is 22.7. The van der Waals surface area contributed by atoms with Gasteiger partial charge < -0.3 is 4.57 Å². The summed E-state index contributed by atoms with van der Waals surface area (Å²) in [4.78, 5) is 16.5. The van der Waals surface area contributed by atoms with Crippen molar-refractivity contribution >= 4 is 54.6 Å². The molecule has 310 valence electrons. The van der Waals surface area contributed by atoms with Crippen LogP contribution in [0.4, 0.5) is 0 Å². The molecule has 0 saturated heterocycles. The summed E-state index contributed by atoms with van der Waals surface area (Å²) in [6.07, 6.45) is 15.5. The minimum absolute atomic E-state index is 0.344. The molecule has 65 heavy (non-hydrogen) atoms. The van der Waals surface area contributed by atoms with Crippen molar-refractivity contribution in [3.63, 3.8) is 0 Å². The lowest BCUT2D eigenvalue weighted by molar-refractivity contribution is 0.580. The summed E-state index contributed by atoms with van der Waals surface area (Å²) < 4.78 is 2.41. The van der Waals surface area contributed by atoms with Crippen LogP contribution in [0.2, 0.25) is 0 Å². The average molecular weight is 835 g/mol. The number of benzene rings is 7. The zero-order chi connectivity index (χ0) is 43.5. The molecule has 12 rings (SSSR count). The molecule has 0 fully saturated rings. The van der Waals surface area contributed by atoms with Gasteiger partial charge >= 0.3 is 0 Å². The molecular formula is C61H46N4. The quantitative estimate of drug-likeness (QED) is 0.161. The maximum atomic E-state index is 5.53. The molecule has 0 N–H and O–H groups in total. The van der Waals surface area contributed by atoms with Gasteiger partial charge in [-0.1, -0.05) is 190 Å². The van der Waals surface area contributed by atoms with Crippen LogP contribution in [0.5, 0.6) is 0 Å². The Labute approximate surface area is 379 Å². The second kappa shape index (κ2) is 15.7. The summed E-state index contributed by atoms with van der Waals surface area (Å²) in [6, 6.07) is 62.9. The Morgan fingerprint density at radius 3 is 2.02 bits per heavy atom. The van der Waals surface area contributed by atoms with Gasteiger partial charge in [0.05, 0.1) is 33.6 Å². The Hall–Kier alpha value is -7.95. The molecule has 2 aliphatic carbocycles. The standard InChI is InChI=1S/C61H46N4/c1-40-16-15-19-45(38-40)42-28-30-44(31-29-42)54-39-56(61(2)36-34-43(35-37-61)41-17-5-3-6-18-41)64-60(63-54)50-33-32-49(47-22-9-10-23-48(47)50)58-57-52-25-12-14-27-55(52)65(46-20-7-4-8-21-46)59(57)51-24-11-13-26-53(51)62-58/h3-36,39-40H,37-38H2,1-2H3/t40?,61-/m1/s1. The molecule has 3 aromatic heterocycles. The molecule has 4 heteroatoms. The second-order valence-corrected chi connectivity index (χ2v) is 17.9. The van der Waals surface area contributed by atoms with Crippen molar-refractivity contribution in [1.82, 2.24) is 19.5 Å². The topological polar surface area (TPSA) is 43.6 Å². The van der Waals surface area contributed by atoms with Crippen LogP contribution < -0.4 is 0 Å². The molecule has 3 heterocycles. The lowest BCUT2D eigenvalue weighted by Gasteiger charge is -2.28. The van der Waals surface area contributed by atoms with Crippen molar-refractivity contribution < 1.29 is 0 Å². The monoisotopic (exact) mass is 834 g/mol. The normalized spacial score (nSPS) is 17.2. The van der Waals surface area contributed by atoms with E-state index in [0.717, 1.165) is 90.4 Å². The Bertz CT molecular complexity index is 3610. The largest absolute Gasteiger partial charge is 0.308 e. The molecule has 2 atom stereocenters. The van der Waals surface area contributed by atoms with E-state index in [1.165, 1.54) is 27.7 Å². The lowest BCUT2D eigenvalue weighted by Crippen LogP contribution is -2.22. The molecular weight excluding hydrogens is 789 g/mol. The number of hydrogen-bond acceptors (Lipinski definition) is 3. The molecule has 10 aromatic rings. The Kier molecular flexibility index (Phi) is 9.34. The summed E-state index contributed by atoms with van der Waals surface area (Å²) in [5.41, 5.74) is 15.1. The van der Waals surface area contributed by atoms with E-state index in [-0.39, 0.29) is 5.41 Å². The van der Waals surface area contributed by atoms with Crippen LogP contribution in [0.15, 0.2) is 212 Å². The third kappa shape index (κ3) is 6.72. The smallest absolute Gasteiger partial charge is 0.160 e. The predicted molar refractivity (Wildman–Crippen MR) is 272 cm³/mol. The van der Waals surface area contributed by atoms with E-state index in [2.05, 4.69) is 231 Å². The zero-order valence-electron chi connectivity index (χ0n) is 36.5. The van der Waals surface area contributed by atoms with Gasteiger partial charge in [-0.05, 0) is 88.2 Å². The van der Waals surface area contributed by atoms with Gasteiger partial charge in [0.25, 0.3) is 0 Å². The van der Waals surface area contributed by atoms with Crippen LogP contribution in [0.1, 0.15) is 43.5 Å². The number of aromatic nitrogens is 4. The molecule has 0 bridgehead atoms. The maximum absolute atomic E-state index is 5.53. The summed E-state index contributed by atoms with van der Waals surface area (Å²) in [7, 11) is 0. The SMILES string of the molecule is CC1C=CC=C(c2ccc(-c3cc([C@]4(C)C=CC(c5ccccc5)=CC4)nc(-c4ccc(-c5nc6ccccc6c6c5c5ccccc5n6-c5ccccc5)c5ccccc45)n3)cc2)C1. The van der Waals surface area contributed by atoms with Crippen molar-refractivity contribution in [3.05, 3.63) is 229 Å². The summed E-state index contributed by atoms with van der Waals surface area (Å²) in [5, 5.41) is 5.62. The van der Waals surface area contributed by atoms with Crippen LogP contribution >= 0.6 is 0 Å². The first-order valence-corrected chi connectivity index (χ1v) is 22.7. The van der Waals surface area contributed by atoms with Crippen molar-refractivity contribution in [2.24, 2.45) is 5.92 Å². The van der Waals surface area contributed by atoms with E-state index in [1.54, 1.807) is 0 Å². The molecule has 4 nitrogen and oxygen atoms in total. The number of hydrogen-bond donors (Lipinski definition) is 0. The fourth-order valence-corrected chi connectivity index (χ4v) is 10.1. The van der Waals surface area contributed by atoms with E-state index in [0.29, 0.717) is 11.7 Å². The van der Waals surface area contributed by atoms with Gasteiger partial charge in [0.2, 0.25) is 0 Å². The van der Waals surface area contributed by atoms with Gasteiger partial charge in [0.1, 0.15) is 0 Å². The van der Waals surface area contributed by atoms with Crippen molar-refractivity contribution in [3.8, 4) is 39.6 Å². The molecule has 0 aliphatic heterocycles. The van der Waals surface area contributed by atoms with E-state index < -0.39 is 0 Å². The second-order valence-electron chi connectivity index (χ2n) is 17.9. The van der Waals surface area contributed by atoms with Crippen LogP contribution in [-0.4, -0.2) is 19.5 Å². The van der Waals surface area contributed by atoms with E-state index in [9.17, 15) is 0 Å². The highest BCUT2D eigenvalue weighted by Gasteiger charge is 2.29. The van der Waals surface area contributed by atoms with Crippen LogP contribution in [0, 0.1) is 5.92 Å². The number of allylic oxidation sites excluding steroid dienone is 8. The summed E-state index contributed by atoms with van der Waals surface area (Å²) in [5.74, 6) is 1.24. The van der Waals surface area contributed by atoms with Gasteiger partial charge in [0.15, 0.2) is 5.82 Å². The van der Waals surface area contributed by atoms with Crippen LogP contribution in [-0.2, 0) is 5.41 Å². The van der Waals surface area contributed by atoms with Crippen molar-refractivity contribution in [2.45, 2.75) is 32.1 Å². The lowest BCUT2D eigenvalue weighted by atomic mass is 9.77. The van der Waals surface area contributed by atoms with E-state index in [4.69, 9.17) is 15.0 Å². The van der Waals surface area contributed by atoms with Gasteiger partial charge in [0, 0.05) is 44.0 Å². The fourth-order valence-electron chi connectivity index (χ4n) is 10.1. The Morgan fingerprint density at radius 2 is 1.26 bits per heavy atom. The highest BCUT2D eigenvalue weighted by Crippen LogP contribution is 2.45. The maximum Gasteiger partial charge on any atom is 0.160 e. The van der Waals surface area contributed by atoms with Gasteiger partial charge in [-0.3, -0.25) is 0 Å². The molecule has 0 saturated carbocycles. The number of para-hydroxylation sites is 3. The van der Waals surface area contributed by atoms with E-state index >= 15 is 0 Å². The van der Waals surface area contributed by atoms with Crippen LogP contribution in [0.25, 0.3) is 94.2 Å². The molecule has 0 spiro atoms. The van der Waals surface area contributed by atoms with Gasteiger partial charge in [-0.2, -0.15) is 0 Å². The number of rotatable bonds is 7. The van der Waals surface area contributed by atoms with Gasteiger partial charge in [-0.25, -0.2) is 15.0 Å². The first kappa shape index (κ1) is 38.7. The average Bonchev–Trinajstić information content (AvgIpc) is 3.72. The summed E-state index contributed by atoms with van der Waals surface area (Å²) >= 11 is 0. The molecule has 0 amide bonds.